The Morgan fingerprint density at radius 2 is 1.81 bits per heavy atom. The van der Waals surface area contributed by atoms with E-state index in [2.05, 4.69) is 20.6 Å². The van der Waals surface area contributed by atoms with Crippen LogP contribution in [0.15, 0.2) is 54.9 Å². The molecule has 2 aromatic carbocycles. The Hall–Kier alpha value is -3.28. The monoisotopic (exact) mass is 364 g/mol. The van der Waals surface area contributed by atoms with Crippen molar-refractivity contribution in [2.45, 2.75) is 20.3 Å². The summed E-state index contributed by atoms with van der Waals surface area (Å²) in [6.45, 7) is 4.47. The zero-order chi connectivity index (χ0) is 19.2. The van der Waals surface area contributed by atoms with Gasteiger partial charge in [-0.25, -0.2) is 14.4 Å². The third-order valence-electron chi connectivity index (χ3n) is 4.15. The number of hydrogen-bond acceptors (Lipinski definition) is 4. The molecule has 3 rings (SSSR count). The Morgan fingerprint density at radius 3 is 2.52 bits per heavy atom. The second-order valence-corrected chi connectivity index (χ2v) is 6.36. The molecule has 3 aromatic rings. The van der Waals surface area contributed by atoms with Crippen molar-refractivity contribution >= 4 is 17.4 Å². The molecule has 1 aromatic heterocycles. The number of amides is 1. The van der Waals surface area contributed by atoms with Crippen molar-refractivity contribution < 1.29 is 9.18 Å². The SMILES string of the molecule is Cc1ccc(C)c(Nc2cnc(C(=O)NCCc3ccc(F)cc3)cn2)c1. The van der Waals surface area contributed by atoms with Crippen molar-refractivity contribution in [2.75, 3.05) is 11.9 Å². The summed E-state index contributed by atoms with van der Waals surface area (Å²) in [6.07, 6.45) is 3.60. The van der Waals surface area contributed by atoms with E-state index in [1.54, 1.807) is 12.1 Å². The van der Waals surface area contributed by atoms with Gasteiger partial charge in [-0.3, -0.25) is 4.79 Å². The number of nitrogens with zero attached hydrogens (tertiary/aromatic N) is 2. The van der Waals surface area contributed by atoms with Gasteiger partial charge in [-0.1, -0.05) is 24.3 Å². The summed E-state index contributed by atoms with van der Waals surface area (Å²) in [7, 11) is 0. The van der Waals surface area contributed by atoms with Gasteiger partial charge < -0.3 is 10.6 Å². The van der Waals surface area contributed by atoms with Crippen LogP contribution in [0.3, 0.4) is 0 Å². The van der Waals surface area contributed by atoms with Crippen LogP contribution in [0.2, 0.25) is 0 Å². The van der Waals surface area contributed by atoms with E-state index in [-0.39, 0.29) is 17.4 Å². The van der Waals surface area contributed by atoms with Crippen molar-refractivity contribution in [1.29, 1.82) is 0 Å². The average Bonchev–Trinajstić information content (AvgIpc) is 2.67. The molecule has 0 fully saturated rings. The van der Waals surface area contributed by atoms with E-state index < -0.39 is 0 Å². The lowest BCUT2D eigenvalue weighted by Gasteiger charge is -2.10. The molecule has 0 bridgehead atoms. The summed E-state index contributed by atoms with van der Waals surface area (Å²) in [5.74, 6) is 0.0158. The standard InChI is InChI=1S/C21H21FN4O/c1-14-3-4-15(2)18(11-14)26-20-13-24-19(12-25-20)21(27)23-10-9-16-5-7-17(22)8-6-16/h3-8,11-13H,9-10H2,1-2H3,(H,23,27)(H,25,26). The minimum atomic E-state index is -0.289. The van der Waals surface area contributed by atoms with Crippen LogP contribution in [0, 0.1) is 19.7 Å². The van der Waals surface area contributed by atoms with Crippen molar-refractivity contribution in [3.8, 4) is 0 Å². The number of anilines is 2. The summed E-state index contributed by atoms with van der Waals surface area (Å²) >= 11 is 0. The Labute approximate surface area is 157 Å². The van der Waals surface area contributed by atoms with Gasteiger partial charge in [-0.15, -0.1) is 0 Å². The van der Waals surface area contributed by atoms with E-state index in [1.807, 2.05) is 32.0 Å². The number of benzene rings is 2. The van der Waals surface area contributed by atoms with Gasteiger partial charge in [0.05, 0.1) is 12.4 Å². The molecular formula is C21H21FN4O. The molecule has 5 nitrogen and oxygen atoms in total. The lowest BCUT2D eigenvalue weighted by atomic mass is 10.1. The molecule has 0 saturated heterocycles. The molecule has 0 aliphatic rings. The van der Waals surface area contributed by atoms with Gasteiger partial charge >= 0.3 is 0 Å². The second-order valence-electron chi connectivity index (χ2n) is 6.36. The first-order valence-electron chi connectivity index (χ1n) is 8.70. The molecule has 0 radical (unpaired) electrons. The topological polar surface area (TPSA) is 66.9 Å². The van der Waals surface area contributed by atoms with Crippen LogP contribution >= 0.6 is 0 Å². The number of aryl methyl sites for hydroxylation is 2. The van der Waals surface area contributed by atoms with Crippen LogP contribution in [0.25, 0.3) is 0 Å². The van der Waals surface area contributed by atoms with Crippen LogP contribution < -0.4 is 10.6 Å². The lowest BCUT2D eigenvalue weighted by molar-refractivity contribution is 0.0949. The maximum atomic E-state index is 12.9. The predicted molar refractivity (Wildman–Crippen MR) is 104 cm³/mol. The van der Waals surface area contributed by atoms with Crippen molar-refractivity contribution in [3.63, 3.8) is 0 Å². The van der Waals surface area contributed by atoms with Gasteiger partial charge in [0.15, 0.2) is 0 Å². The van der Waals surface area contributed by atoms with Gasteiger partial charge in [0.2, 0.25) is 0 Å². The molecule has 0 unspecified atom stereocenters. The van der Waals surface area contributed by atoms with Crippen LogP contribution in [0.5, 0.6) is 0 Å². The summed E-state index contributed by atoms with van der Waals surface area (Å²) in [4.78, 5) is 20.6. The number of carbonyl (C=O) groups is 1. The van der Waals surface area contributed by atoms with Gasteiger partial charge in [0.1, 0.15) is 17.3 Å². The molecule has 0 atom stereocenters. The number of aromatic nitrogens is 2. The molecule has 27 heavy (non-hydrogen) atoms. The van der Waals surface area contributed by atoms with Crippen molar-refractivity contribution in [1.82, 2.24) is 15.3 Å². The maximum absolute atomic E-state index is 12.9. The Bertz CT molecular complexity index is 924. The molecule has 0 aliphatic carbocycles. The molecule has 0 spiro atoms. The average molecular weight is 364 g/mol. The quantitative estimate of drug-likeness (QED) is 0.695. The number of nitrogens with one attached hydrogen (secondary N) is 2. The van der Waals surface area contributed by atoms with Crippen LogP contribution in [-0.4, -0.2) is 22.4 Å². The van der Waals surface area contributed by atoms with E-state index in [9.17, 15) is 9.18 Å². The Kier molecular flexibility index (Phi) is 5.76. The van der Waals surface area contributed by atoms with Gasteiger partial charge in [0.25, 0.3) is 5.91 Å². The molecule has 6 heteroatoms. The summed E-state index contributed by atoms with van der Waals surface area (Å²) in [5.41, 5.74) is 4.41. The Balaban J connectivity index is 1.55. The smallest absolute Gasteiger partial charge is 0.271 e. The normalized spacial score (nSPS) is 10.5. The maximum Gasteiger partial charge on any atom is 0.271 e. The highest BCUT2D eigenvalue weighted by Gasteiger charge is 2.08. The van der Waals surface area contributed by atoms with E-state index in [0.29, 0.717) is 18.8 Å². The largest absolute Gasteiger partial charge is 0.350 e. The van der Waals surface area contributed by atoms with Crippen LogP contribution in [0.1, 0.15) is 27.2 Å². The first-order chi connectivity index (χ1) is 13.0. The number of rotatable bonds is 6. The van der Waals surface area contributed by atoms with E-state index in [4.69, 9.17) is 0 Å². The van der Waals surface area contributed by atoms with Gasteiger partial charge in [0, 0.05) is 12.2 Å². The zero-order valence-electron chi connectivity index (χ0n) is 15.3. The fourth-order valence-electron chi connectivity index (χ4n) is 2.58. The summed E-state index contributed by atoms with van der Waals surface area (Å²) in [5, 5.41) is 6.00. The highest BCUT2D eigenvalue weighted by molar-refractivity contribution is 5.92. The fraction of sp³-hybridized carbons (Fsp3) is 0.190. The highest BCUT2D eigenvalue weighted by atomic mass is 19.1. The molecule has 2 N–H and O–H groups in total. The van der Waals surface area contributed by atoms with E-state index in [0.717, 1.165) is 22.4 Å². The summed E-state index contributed by atoms with van der Waals surface area (Å²) in [6, 6.07) is 12.3. The molecule has 0 aliphatic heterocycles. The van der Waals surface area contributed by atoms with Gasteiger partial charge in [-0.05, 0) is 55.2 Å². The zero-order valence-corrected chi connectivity index (χ0v) is 15.3. The van der Waals surface area contributed by atoms with Crippen molar-refractivity contribution in [3.05, 3.63) is 83.1 Å². The Morgan fingerprint density at radius 1 is 1.04 bits per heavy atom. The third kappa shape index (κ3) is 5.10. The van der Waals surface area contributed by atoms with Gasteiger partial charge in [-0.2, -0.15) is 0 Å². The first-order valence-corrected chi connectivity index (χ1v) is 8.70. The number of carbonyl (C=O) groups excluding carboxylic acids is 1. The van der Waals surface area contributed by atoms with Crippen molar-refractivity contribution in [2.24, 2.45) is 0 Å². The second kappa shape index (κ2) is 8.40. The van der Waals surface area contributed by atoms with E-state index >= 15 is 0 Å². The molecule has 138 valence electrons. The van der Waals surface area contributed by atoms with E-state index in [1.165, 1.54) is 24.5 Å². The minimum absolute atomic E-state index is 0.251. The van der Waals surface area contributed by atoms with Crippen LogP contribution in [0.4, 0.5) is 15.9 Å². The lowest BCUT2D eigenvalue weighted by Crippen LogP contribution is -2.26. The van der Waals surface area contributed by atoms with Crippen LogP contribution in [-0.2, 0) is 6.42 Å². The summed E-state index contributed by atoms with van der Waals surface area (Å²) < 4.78 is 12.9. The molecule has 0 saturated carbocycles. The number of halogens is 1. The predicted octanol–water partition coefficient (Wildman–Crippen LogP) is 3.95. The third-order valence-corrected chi connectivity index (χ3v) is 4.15. The molecule has 1 heterocycles. The number of hydrogen-bond donors (Lipinski definition) is 2. The highest BCUT2D eigenvalue weighted by Crippen LogP contribution is 2.20. The fourth-order valence-corrected chi connectivity index (χ4v) is 2.58. The molecule has 1 amide bonds. The first kappa shape index (κ1) is 18.5. The minimum Gasteiger partial charge on any atom is -0.350 e. The molecular weight excluding hydrogens is 343 g/mol.